The third-order valence-electron chi connectivity index (χ3n) is 1.12. The first kappa shape index (κ1) is 10.8. The third-order valence-corrected chi connectivity index (χ3v) is 1.36. The SMILES string of the molecule is CS.NCc1cccc(Cl)c1. The van der Waals surface area contributed by atoms with E-state index in [1.54, 1.807) is 6.26 Å². The van der Waals surface area contributed by atoms with Gasteiger partial charge in [-0.3, -0.25) is 0 Å². The molecule has 0 unspecified atom stereocenters. The van der Waals surface area contributed by atoms with Crippen molar-refractivity contribution in [2.24, 2.45) is 5.73 Å². The van der Waals surface area contributed by atoms with Crippen molar-refractivity contribution in [3.05, 3.63) is 34.9 Å². The number of nitrogens with two attached hydrogens (primary N) is 1. The molecule has 1 aromatic rings. The number of benzene rings is 1. The van der Waals surface area contributed by atoms with Crippen molar-refractivity contribution in [1.29, 1.82) is 0 Å². The molecule has 2 N–H and O–H groups in total. The Morgan fingerprint density at radius 3 is 2.45 bits per heavy atom. The molecule has 0 saturated heterocycles. The van der Waals surface area contributed by atoms with Gasteiger partial charge in [-0.05, 0) is 24.0 Å². The summed E-state index contributed by atoms with van der Waals surface area (Å²) < 4.78 is 0. The summed E-state index contributed by atoms with van der Waals surface area (Å²) in [6.07, 6.45) is 1.69. The van der Waals surface area contributed by atoms with Gasteiger partial charge >= 0.3 is 0 Å². The molecule has 0 aliphatic carbocycles. The molecule has 0 aliphatic heterocycles. The van der Waals surface area contributed by atoms with E-state index in [-0.39, 0.29) is 0 Å². The van der Waals surface area contributed by atoms with E-state index in [1.807, 2.05) is 24.3 Å². The molecule has 0 amide bonds. The molecule has 1 aromatic carbocycles. The van der Waals surface area contributed by atoms with Gasteiger partial charge in [0.1, 0.15) is 0 Å². The molecule has 1 nitrogen and oxygen atoms in total. The van der Waals surface area contributed by atoms with Gasteiger partial charge in [-0.1, -0.05) is 23.7 Å². The molecule has 0 saturated carbocycles. The van der Waals surface area contributed by atoms with Crippen molar-refractivity contribution < 1.29 is 0 Å². The number of hydrogen-bond donors (Lipinski definition) is 2. The van der Waals surface area contributed by atoms with E-state index >= 15 is 0 Å². The third kappa shape index (κ3) is 4.30. The molecule has 0 aliphatic rings. The van der Waals surface area contributed by atoms with Crippen LogP contribution in [0, 0.1) is 0 Å². The maximum Gasteiger partial charge on any atom is 0.0409 e. The van der Waals surface area contributed by atoms with E-state index in [2.05, 4.69) is 12.6 Å². The maximum absolute atomic E-state index is 5.67. The summed E-state index contributed by atoms with van der Waals surface area (Å²) in [5, 5.41) is 0.748. The highest BCUT2D eigenvalue weighted by Gasteiger charge is 1.87. The van der Waals surface area contributed by atoms with Gasteiger partial charge in [-0.25, -0.2) is 0 Å². The molecular weight excluding hydrogens is 178 g/mol. The van der Waals surface area contributed by atoms with E-state index in [4.69, 9.17) is 17.3 Å². The van der Waals surface area contributed by atoms with Crippen LogP contribution in [0.2, 0.25) is 5.02 Å². The fourth-order valence-electron chi connectivity index (χ4n) is 0.664. The Kier molecular flexibility index (Phi) is 6.42. The second-order valence-electron chi connectivity index (χ2n) is 1.83. The molecule has 62 valence electrons. The lowest BCUT2D eigenvalue weighted by Gasteiger charge is -1.93. The van der Waals surface area contributed by atoms with Gasteiger partial charge in [0.15, 0.2) is 0 Å². The second-order valence-corrected chi connectivity index (χ2v) is 2.27. The lowest BCUT2D eigenvalue weighted by Crippen LogP contribution is -1.94. The summed E-state index contributed by atoms with van der Waals surface area (Å²) in [6.45, 7) is 0.556. The monoisotopic (exact) mass is 189 g/mol. The lowest BCUT2D eigenvalue weighted by molar-refractivity contribution is 1.07. The van der Waals surface area contributed by atoms with Gasteiger partial charge in [0.2, 0.25) is 0 Å². The van der Waals surface area contributed by atoms with Crippen LogP contribution in [0.1, 0.15) is 5.56 Å². The fraction of sp³-hybridized carbons (Fsp3) is 0.250. The molecule has 0 spiro atoms. The number of hydrogen-bond acceptors (Lipinski definition) is 2. The van der Waals surface area contributed by atoms with Crippen molar-refractivity contribution in [2.75, 3.05) is 6.26 Å². The smallest absolute Gasteiger partial charge is 0.0409 e. The van der Waals surface area contributed by atoms with Crippen molar-refractivity contribution in [3.8, 4) is 0 Å². The number of thiol groups is 1. The molecule has 0 atom stereocenters. The lowest BCUT2D eigenvalue weighted by atomic mass is 10.2. The Morgan fingerprint density at radius 1 is 1.45 bits per heavy atom. The van der Waals surface area contributed by atoms with Gasteiger partial charge in [0.25, 0.3) is 0 Å². The average Bonchev–Trinajstić information content (AvgIpc) is 2.08. The summed E-state index contributed by atoms with van der Waals surface area (Å²) in [6, 6.07) is 7.54. The molecule has 11 heavy (non-hydrogen) atoms. The Bertz CT molecular complexity index is 203. The molecule has 0 aromatic heterocycles. The van der Waals surface area contributed by atoms with Gasteiger partial charge in [-0.2, -0.15) is 12.6 Å². The Hall–Kier alpha value is -0.180. The van der Waals surface area contributed by atoms with Gasteiger partial charge in [-0.15, -0.1) is 0 Å². The van der Waals surface area contributed by atoms with Crippen molar-refractivity contribution in [3.63, 3.8) is 0 Å². The van der Waals surface area contributed by atoms with Crippen LogP contribution in [0.3, 0.4) is 0 Å². The van der Waals surface area contributed by atoms with Gasteiger partial charge in [0, 0.05) is 11.6 Å². The first-order valence-electron chi connectivity index (χ1n) is 3.22. The fourth-order valence-corrected chi connectivity index (χ4v) is 0.877. The quantitative estimate of drug-likeness (QED) is 0.652. The van der Waals surface area contributed by atoms with Crippen molar-refractivity contribution in [1.82, 2.24) is 0 Å². The predicted molar refractivity (Wildman–Crippen MR) is 54.3 cm³/mol. The van der Waals surface area contributed by atoms with E-state index in [0.29, 0.717) is 6.54 Å². The Morgan fingerprint density at radius 2 is 2.09 bits per heavy atom. The van der Waals surface area contributed by atoms with Crippen LogP contribution in [0.25, 0.3) is 0 Å². The predicted octanol–water partition coefficient (Wildman–Crippen LogP) is 2.34. The van der Waals surface area contributed by atoms with Gasteiger partial charge in [0.05, 0.1) is 0 Å². The molecule has 1 rings (SSSR count). The van der Waals surface area contributed by atoms with Crippen LogP contribution in [-0.2, 0) is 6.54 Å². The topological polar surface area (TPSA) is 26.0 Å². The molecule has 3 heteroatoms. The minimum absolute atomic E-state index is 0.556. The van der Waals surface area contributed by atoms with Crippen LogP contribution in [0.4, 0.5) is 0 Å². The summed E-state index contributed by atoms with van der Waals surface area (Å²) in [5.74, 6) is 0. The normalized spacial score (nSPS) is 8.36. The zero-order chi connectivity index (χ0) is 8.69. The first-order chi connectivity index (χ1) is 5.33. The Labute approximate surface area is 78.0 Å². The van der Waals surface area contributed by atoms with Crippen molar-refractivity contribution >= 4 is 24.2 Å². The second kappa shape index (κ2) is 6.53. The maximum atomic E-state index is 5.67. The van der Waals surface area contributed by atoms with E-state index < -0.39 is 0 Å². The summed E-state index contributed by atoms with van der Waals surface area (Å²) in [4.78, 5) is 0. The van der Waals surface area contributed by atoms with E-state index in [1.165, 1.54) is 0 Å². The minimum atomic E-state index is 0.556. The highest BCUT2D eigenvalue weighted by atomic mass is 35.5. The van der Waals surface area contributed by atoms with Gasteiger partial charge < -0.3 is 5.73 Å². The van der Waals surface area contributed by atoms with Crippen LogP contribution >= 0.6 is 24.2 Å². The van der Waals surface area contributed by atoms with E-state index in [9.17, 15) is 0 Å². The summed E-state index contributed by atoms with van der Waals surface area (Å²) >= 11 is 9.20. The van der Waals surface area contributed by atoms with Crippen LogP contribution in [-0.4, -0.2) is 6.26 Å². The highest BCUT2D eigenvalue weighted by Crippen LogP contribution is 2.09. The van der Waals surface area contributed by atoms with Crippen LogP contribution < -0.4 is 5.73 Å². The molecule has 0 radical (unpaired) electrons. The summed E-state index contributed by atoms with van der Waals surface area (Å²) in [5.41, 5.74) is 6.43. The largest absolute Gasteiger partial charge is 0.326 e. The number of halogens is 1. The van der Waals surface area contributed by atoms with Crippen LogP contribution in [0.5, 0.6) is 0 Å². The average molecular weight is 190 g/mol. The van der Waals surface area contributed by atoms with E-state index in [0.717, 1.165) is 10.6 Å². The minimum Gasteiger partial charge on any atom is -0.326 e. The first-order valence-corrected chi connectivity index (χ1v) is 4.49. The van der Waals surface area contributed by atoms with Crippen LogP contribution in [0.15, 0.2) is 24.3 Å². The zero-order valence-corrected chi connectivity index (χ0v) is 8.07. The molecule has 0 heterocycles. The number of rotatable bonds is 1. The van der Waals surface area contributed by atoms with Crippen molar-refractivity contribution in [2.45, 2.75) is 6.54 Å². The zero-order valence-electron chi connectivity index (χ0n) is 6.42. The molecule has 0 bridgehead atoms. The molecular formula is C8H12ClNS. The highest BCUT2D eigenvalue weighted by molar-refractivity contribution is 7.79. The Balaban J connectivity index is 0.000000461. The summed E-state index contributed by atoms with van der Waals surface area (Å²) in [7, 11) is 0. The standard InChI is InChI=1S/C7H8ClN.CH4S/c8-7-3-1-2-6(4-7)5-9;1-2/h1-4H,5,9H2;2H,1H3. The molecule has 0 fully saturated rings.